The molecule has 1 N–H and O–H groups in total. The molecule has 0 amide bonds. The van der Waals surface area contributed by atoms with E-state index in [1.807, 2.05) is 13.0 Å². The number of rotatable bonds is 6. The predicted octanol–water partition coefficient (Wildman–Crippen LogP) is 1.94. The molecule has 108 valence electrons. The van der Waals surface area contributed by atoms with Gasteiger partial charge in [0.25, 0.3) is 0 Å². The second-order valence-corrected chi connectivity index (χ2v) is 4.69. The third-order valence-corrected chi connectivity index (χ3v) is 3.19. The fourth-order valence-electron chi connectivity index (χ4n) is 2.03. The van der Waals surface area contributed by atoms with E-state index < -0.39 is 6.10 Å². The Kier molecular flexibility index (Phi) is 4.68. The molecule has 20 heavy (non-hydrogen) atoms. The zero-order chi connectivity index (χ0) is 14.5. The van der Waals surface area contributed by atoms with Crippen molar-refractivity contribution < 1.29 is 14.4 Å². The highest BCUT2D eigenvalue weighted by molar-refractivity contribution is 5.20. The van der Waals surface area contributed by atoms with E-state index in [1.165, 1.54) is 0 Å². The lowest BCUT2D eigenvalue weighted by molar-refractivity contribution is 0.141. The SMILES string of the molecule is CCC(c1nc(Cc2ccc(OC)nc2)no1)C(C)O. The van der Waals surface area contributed by atoms with Gasteiger partial charge in [-0.15, -0.1) is 0 Å². The molecule has 0 aliphatic carbocycles. The predicted molar refractivity (Wildman–Crippen MR) is 72.6 cm³/mol. The molecule has 2 aromatic heterocycles. The van der Waals surface area contributed by atoms with Crippen molar-refractivity contribution in [1.29, 1.82) is 0 Å². The third-order valence-electron chi connectivity index (χ3n) is 3.19. The van der Waals surface area contributed by atoms with Gasteiger partial charge in [0.05, 0.1) is 19.1 Å². The molecule has 0 bridgehead atoms. The topological polar surface area (TPSA) is 81.3 Å². The van der Waals surface area contributed by atoms with E-state index in [0.29, 0.717) is 24.0 Å². The molecule has 2 heterocycles. The molecule has 2 rings (SSSR count). The second-order valence-electron chi connectivity index (χ2n) is 4.69. The van der Waals surface area contributed by atoms with Crippen LogP contribution in [0.25, 0.3) is 0 Å². The smallest absolute Gasteiger partial charge is 0.232 e. The lowest BCUT2D eigenvalue weighted by Gasteiger charge is -2.12. The number of hydrogen-bond donors (Lipinski definition) is 1. The molecule has 0 aliphatic rings. The van der Waals surface area contributed by atoms with Crippen molar-refractivity contribution >= 4 is 0 Å². The van der Waals surface area contributed by atoms with E-state index in [9.17, 15) is 5.11 Å². The van der Waals surface area contributed by atoms with E-state index in [1.54, 1.807) is 26.3 Å². The fourth-order valence-corrected chi connectivity index (χ4v) is 2.03. The number of nitrogens with zero attached hydrogens (tertiary/aromatic N) is 3. The van der Waals surface area contributed by atoms with Crippen LogP contribution in [0, 0.1) is 0 Å². The summed E-state index contributed by atoms with van der Waals surface area (Å²) in [4.78, 5) is 8.47. The number of aliphatic hydroxyl groups excluding tert-OH is 1. The van der Waals surface area contributed by atoms with E-state index in [2.05, 4.69) is 15.1 Å². The summed E-state index contributed by atoms with van der Waals surface area (Å²) in [6, 6.07) is 3.70. The largest absolute Gasteiger partial charge is 0.481 e. The van der Waals surface area contributed by atoms with Crippen LogP contribution >= 0.6 is 0 Å². The van der Waals surface area contributed by atoms with Gasteiger partial charge < -0.3 is 14.4 Å². The maximum Gasteiger partial charge on any atom is 0.232 e. The summed E-state index contributed by atoms with van der Waals surface area (Å²) in [5.41, 5.74) is 0.975. The average Bonchev–Trinajstić information content (AvgIpc) is 2.88. The first-order chi connectivity index (χ1) is 9.63. The van der Waals surface area contributed by atoms with Crippen LogP contribution in [-0.4, -0.2) is 33.4 Å². The lowest BCUT2D eigenvalue weighted by Crippen LogP contribution is -2.14. The number of aromatic nitrogens is 3. The molecular formula is C14H19N3O3. The summed E-state index contributed by atoms with van der Waals surface area (Å²) in [6.07, 6.45) is 2.51. The number of methoxy groups -OCH3 is 1. The lowest BCUT2D eigenvalue weighted by atomic mass is 10.0. The van der Waals surface area contributed by atoms with Crippen LogP contribution in [0.3, 0.4) is 0 Å². The van der Waals surface area contributed by atoms with Crippen LogP contribution in [-0.2, 0) is 6.42 Å². The van der Waals surface area contributed by atoms with Crippen molar-refractivity contribution in [3.8, 4) is 5.88 Å². The minimum atomic E-state index is -0.504. The second kappa shape index (κ2) is 6.47. The van der Waals surface area contributed by atoms with Crippen molar-refractivity contribution in [2.75, 3.05) is 7.11 Å². The first-order valence-electron chi connectivity index (χ1n) is 6.63. The van der Waals surface area contributed by atoms with Crippen LogP contribution in [0.1, 0.15) is 43.5 Å². The molecule has 2 unspecified atom stereocenters. The van der Waals surface area contributed by atoms with Gasteiger partial charge in [0, 0.05) is 18.7 Å². The molecule has 6 heteroatoms. The maximum atomic E-state index is 9.67. The molecule has 2 atom stereocenters. The van der Waals surface area contributed by atoms with Gasteiger partial charge in [0.2, 0.25) is 11.8 Å². The molecular weight excluding hydrogens is 258 g/mol. The van der Waals surface area contributed by atoms with Crippen molar-refractivity contribution in [1.82, 2.24) is 15.1 Å². The van der Waals surface area contributed by atoms with Crippen LogP contribution in [0.15, 0.2) is 22.9 Å². The Labute approximate surface area is 117 Å². The zero-order valence-electron chi connectivity index (χ0n) is 11.9. The molecule has 0 aliphatic heterocycles. The summed E-state index contributed by atoms with van der Waals surface area (Å²) in [5.74, 6) is 1.53. The van der Waals surface area contributed by atoms with E-state index in [4.69, 9.17) is 9.26 Å². The highest BCUT2D eigenvalue weighted by Gasteiger charge is 2.22. The highest BCUT2D eigenvalue weighted by atomic mass is 16.5. The molecule has 0 radical (unpaired) electrons. The normalized spacial score (nSPS) is 14.0. The molecule has 0 spiro atoms. The minimum Gasteiger partial charge on any atom is -0.481 e. The van der Waals surface area contributed by atoms with Crippen LogP contribution in [0.5, 0.6) is 5.88 Å². The summed E-state index contributed by atoms with van der Waals surface area (Å²) in [6.45, 7) is 3.71. The first-order valence-corrected chi connectivity index (χ1v) is 6.63. The zero-order valence-corrected chi connectivity index (χ0v) is 11.9. The fraction of sp³-hybridized carbons (Fsp3) is 0.500. The van der Waals surface area contributed by atoms with Crippen LogP contribution < -0.4 is 4.74 Å². The monoisotopic (exact) mass is 277 g/mol. The summed E-state index contributed by atoms with van der Waals surface area (Å²) in [5, 5.41) is 13.6. The summed E-state index contributed by atoms with van der Waals surface area (Å²) in [7, 11) is 1.58. The van der Waals surface area contributed by atoms with Crippen LogP contribution in [0.2, 0.25) is 0 Å². The number of hydrogen-bond acceptors (Lipinski definition) is 6. The quantitative estimate of drug-likeness (QED) is 0.869. The number of pyridine rings is 1. The van der Waals surface area contributed by atoms with Gasteiger partial charge in [-0.3, -0.25) is 0 Å². The molecule has 0 saturated carbocycles. The Hall–Kier alpha value is -1.95. The standard InChI is InChI=1S/C14H19N3O3/c1-4-11(9(2)18)14-16-12(17-20-14)7-10-5-6-13(19-3)15-8-10/h5-6,8-9,11,18H,4,7H2,1-3H3. The van der Waals surface area contributed by atoms with Gasteiger partial charge in [0.15, 0.2) is 5.82 Å². The van der Waals surface area contributed by atoms with Crippen molar-refractivity contribution in [2.45, 2.75) is 38.7 Å². The first kappa shape index (κ1) is 14.5. The van der Waals surface area contributed by atoms with Crippen molar-refractivity contribution in [3.05, 3.63) is 35.6 Å². The van der Waals surface area contributed by atoms with Gasteiger partial charge >= 0.3 is 0 Å². The minimum absolute atomic E-state index is 0.120. The van der Waals surface area contributed by atoms with Gasteiger partial charge in [-0.05, 0) is 18.9 Å². The van der Waals surface area contributed by atoms with E-state index in [0.717, 1.165) is 12.0 Å². The van der Waals surface area contributed by atoms with E-state index in [-0.39, 0.29) is 5.92 Å². The summed E-state index contributed by atoms with van der Waals surface area (Å²) >= 11 is 0. The molecule has 0 fully saturated rings. The van der Waals surface area contributed by atoms with Crippen molar-refractivity contribution in [3.63, 3.8) is 0 Å². The molecule has 6 nitrogen and oxygen atoms in total. The van der Waals surface area contributed by atoms with Crippen molar-refractivity contribution in [2.24, 2.45) is 0 Å². The van der Waals surface area contributed by atoms with E-state index >= 15 is 0 Å². The Morgan fingerprint density at radius 3 is 2.75 bits per heavy atom. The Bertz CT molecular complexity index is 537. The Morgan fingerprint density at radius 1 is 1.40 bits per heavy atom. The Balaban J connectivity index is 2.08. The van der Waals surface area contributed by atoms with Gasteiger partial charge in [0.1, 0.15) is 0 Å². The molecule has 0 aromatic carbocycles. The highest BCUT2D eigenvalue weighted by Crippen LogP contribution is 2.22. The van der Waals surface area contributed by atoms with Gasteiger partial charge in [-0.2, -0.15) is 4.98 Å². The number of aliphatic hydroxyl groups is 1. The average molecular weight is 277 g/mol. The Morgan fingerprint density at radius 2 is 2.20 bits per heavy atom. The molecule has 2 aromatic rings. The number of ether oxygens (including phenoxy) is 1. The van der Waals surface area contributed by atoms with Crippen LogP contribution in [0.4, 0.5) is 0 Å². The van der Waals surface area contributed by atoms with Gasteiger partial charge in [-0.1, -0.05) is 18.1 Å². The van der Waals surface area contributed by atoms with Gasteiger partial charge in [-0.25, -0.2) is 4.98 Å². The molecule has 0 saturated heterocycles. The third kappa shape index (κ3) is 3.33. The maximum absolute atomic E-state index is 9.67. The summed E-state index contributed by atoms with van der Waals surface area (Å²) < 4.78 is 10.2.